The first-order valence-electron chi connectivity index (χ1n) is 7.06. The van der Waals surface area contributed by atoms with Crippen LogP contribution in [-0.4, -0.2) is 42.6 Å². The highest BCUT2D eigenvalue weighted by atomic mass is 16.5. The van der Waals surface area contributed by atoms with Crippen LogP contribution in [0.25, 0.3) is 10.9 Å². The zero-order chi connectivity index (χ0) is 14.4. The van der Waals surface area contributed by atoms with Gasteiger partial charge in [-0.05, 0) is 13.0 Å². The summed E-state index contributed by atoms with van der Waals surface area (Å²) in [6.45, 7) is 5.51. The summed E-state index contributed by atoms with van der Waals surface area (Å²) in [6, 6.07) is 8.72. The number of benzene rings is 1. The van der Waals surface area contributed by atoms with Gasteiger partial charge in [-0.1, -0.05) is 18.2 Å². The molecule has 0 bridgehead atoms. The van der Waals surface area contributed by atoms with Crippen LogP contribution in [0, 0.1) is 0 Å². The average molecular weight is 276 g/mol. The third kappa shape index (κ3) is 3.79. The maximum Gasteiger partial charge on any atom is 0.0841 e. The third-order valence-electron chi connectivity index (χ3n) is 3.39. The Bertz CT molecular complexity index is 538. The Hall–Kier alpha value is -1.43. The number of aryl methyl sites for hydroxylation is 1. The van der Waals surface area contributed by atoms with E-state index in [2.05, 4.69) is 40.9 Å². The van der Waals surface area contributed by atoms with Gasteiger partial charge in [0.15, 0.2) is 0 Å². The fourth-order valence-corrected chi connectivity index (χ4v) is 2.26. The van der Waals surface area contributed by atoms with Crippen LogP contribution in [0.4, 0.5) is 0 Å². The van der Waals surface area contributed by atoms with Gasteiger partial charge >= 0.3 is 0 Å². The van der Waals surface area contributed by atoms with Gasteiger partial charge in [-0.2, -0.15) is 5.10 Å². The van der Waals surface area contributed by atoms with E-state index in [1.807, 2.05) is 17.8 Å². The number of para-hydroxylation sites is 1. The van der Waals surface area contributed by atoms with Gasteiger partial charge in [-0.25, -0.2) is 0 Å². The van der Waals surface area contributed by atoms with Crippen molar-refractivity contribution >= 4 is 10.9 Å². The smallest absolute Gasteiger partial charge is 0.0841 e. The summed E-state index contributed by atoms with van der Waals surface area (Å²) >= 11 is 0. The van der Waals surface area contributed by atoms with Gasteiger partial charge in [-0.3, -0.25) is 4.68 Å². The number of methoxy groups -OCH3 is 1. The number of fused-ring (bicyclic) bond motifs is 1. The Morgan fingerprint density at radius 3 is 2.95 bits per heavy atom. The number of rotatable bonds is 8. The van der Waals surface area contributed by atoms with E-state index in [0.29, 0.717) is 6.04 Å². The molecular weight excluding hydrogens is 252 g/mol. The minimum absolute atomic E-state index is 0.396. The first-order valence-corrected chi connectivity index (χ1v) is 7.06. The highest BCUT2D eigenvalue weighted by Crippen LogP contribution is 2.17. The van der Waals surface area contributed by atoms with Crippen LogP contribution >= 0.6 is 0 Å². The lowest BCUT2D eigenvalue weighted by Crippen LogP contribution is -2.37. The lowest BCUT2D eigenvalue weighted by atomic mass is 10.2. The molecule has 0 aliphatic rings. The summed E-state index contributed by atoms with van der Waals surface area (Å²) in [6.07, 6.45) is 0. The van der Waals surface area contributed by atoms with Crippen LogP contribution in [0.5, 0.6) is 0 Å². The molecule has 2 rings (SSSR count). The molecule has 1 heterocycles. The molecule has 0 fully saturated rings. The van der Waals surface area contributed by atoms with Gasteiger partial charge in [0.05, 0.1) is 17.8 Å². The summed E-state index contributed by atoms with van der Waals surface area (Å²) < 4.78 is 6.95. The summed E-state index contributed by atoms with van der Waals surface area (Å²) in [5.41, 5.74) is 2.28. The second-order valence-electron chi connectivity index (χ2n) is 5.07. The summed E-state index contributed by atoms with van der Waals surface area (Å²) in [4.78, 5) is 0. The van der Waals surface area contributed by atoms with Crippen LogP contribution < -0.4 is 10.6 Å². The Morgan fingerprint density at radius 1 is 1.35 bits per heavy atom. The molecule has 2 N–H and O–H groups in total. The summed E-state index contributed by atoms with van der Waals surface area (Å²) in [5.74, 6) is 0. The van der Waals surface area contributed by atoms with Crippen molar-refractivity contribution in [1.82, 2.24) is 20.4 Å². The van der Waals surface area contributed by atoms with Crippen molar-refractivity contribution < 1.29 is 4.74 Å². The average Bonchev–Trinajstić information content (AvgIpc) is 2.79. The molecule has 0 aliphatic heterocycles. The number of hydrogen-bond acceptors (Lipinski definition) is 4. The molecule has 1 aromatic heterocycles. The fourth-order valence-electron chi connectivity index (χ4n) is 2.26. The van der Waals surface area contributed by atoms with E-state index in [1.54, 1.807) is 7.11 Å². The molecule has 5 nitrogen and oxygen atoms in total. The molecule has 5 heteroatoms. The van der Waals surface area contributed by atoms with E-state index in [9.17, 15) is 0 Å². The van der Waals surface area contributed by atoms with E-state index in [0.717, 1.165) is 31.9 Å². The van der Waals surface area contributed by atoms with Crippen LogP contribution in [0.15, 0.2) is 24.3 Å². The monoisotopic (exact) mass is 276 g/mol. The van der Waals surface area contributed by atoms with E-state index in [1.165, 1.54) is 10.9 Å². The van der Waals surface area contributed by atoms with Gasteiger partial charge in [0.1, 0.15) is 0 Å². The first-order chi connectivity index (χ1) is 9.72. The van der Waals surface area contributed by atoms with E-state index in [4.69, 9.17) is 4.74 Å². The predicted octanol–water partition coefficient (Wildman–Crippen LogP) is 1.29. The maximum atomic E-state index is 5.01. The highest BCUT2D eigenvalue weighted by Gasteiger charge is 2.08. The minimum Gasteiger partial charge on any atom is -0.383 e. The molecule has 1 aromatic carbocycles. The van der Waals surface area contributed by atoms with Crippen molar-refractivity contribution in [2.45, 2.75) is 19.5 Å². The van der Waals surface area contributed by atoms with Crippen molar-refractivity contribution in [3.63, 3.8) is 0 Å². The number of ether oxygens (including phenoxy) is 1. The second kappa shape index (κ2) is 7.38. The van der Waals surface area contributed by atoms with Crippen molar-refractivity contribution in [2.75, 3.05) is 26.8 Å². The molecule has 20 heavy (non-hydrogen) atoms. The quantitative estimate of drug-likeness (QED) is 0.713. The van der Waals surface area contributed by atoms with E-state index >= 15 is 0 Å². The van der Waals surface area contributed by atoms with Crippen molar-refractivity contribution in [1.29, 1.82) is 0 Å². The minimum atomic E-state index is 0.396. The standard InChI is InChI=1S/C15H24N4O/c1-12(10-16-8-9-20-3)17-11-14-13-6-4-5-7-15(13)19(2)18-14/h4-7,12,16-17H,8-11H2,1-3H3. The van der Waals surface area contributed by atoms with Crippen molar-refractivity contribution in [3.05, 3.63) is 30.0 Å². The lowest BCUT2D eigenvalue weighted by molar-refractivity contribution is 0.198. The second-order valence-corrected chi connectivity index (χ2v) is 5.07. The zero-order valence-corrected chi connectivity index (χ0v) is 12.5. The molecule has 0 radical (unpaired) electrons. The van der Waals surface area contributed by atoms with Gasteiger partial charge in [0.2, 0.25) is 0 Å². The number of hydrogen-bond donors (Lipinski definition) is 2. The Kier molecular flexibility index (Phi) is 5.52. The summed E-state index contributed by atoms with van der Waals surface area (Å²) in [7, 11) is 3.71. The van der Waals surface area contributed by atoms with Gasteiger partial charge in [0.25, 0.3) is 0 Å². The van der Waals surface area contributed by atoms with Gasteiger partial charge in [-0.15, -0.1) is 0 Å². The number of aromatic nitrogens is 2. The van der Waals surface area contributed by atoms with Crippen LogP contribution in [-0.2, 0) is 18.3 Å². The normalized spacial score (nSPS) is 12.9. The molecule has 110 valence electrons. The topological polar surface area (TPSA) is 51.1 Å². The maximum absolute atomic E-state index is 5.01. The number of nitrogens with zero attached hydrogens (tertiary/aromatic N) is 2. The highest BCUT2D eigenvalue weighted by molar-refractivity contribution is 5.81. The Balaban J connectivity index is 1.86. The third-order valence-corrected chi connectivity index (χ3v) is 3.39. The first kappa shape index (κ1) is 15.0. The number of nitrogens with one attached hydrogen (secondary N) is 2. The molecule has 1 atom stereocenters. The van der Waals surface area contributed by atoms with Gasteiger partial charge < -0.3 is 15.4 Å². The zero-order valence-electron chi connectivity index (χ0n) is 12.5. The molecule has 0 amide bonds. The molecule has 0 saturated carbocycles. The molecule has 1 unspecified atom stereocenters. The lowest BCUT2D eigenvalue weighted by Gasteiger charge is -2.13. The van der Waals surface area contributed by atoms with Crippen molar-refractivity contribution in [2.24, 2.45) is 7.05 Å². The van der Waals surface area contributed by atoms with Crippen molar-refractivity contribution in [3.8, 4) is 0 Å². The van der Waals surface area contributed by atoms with E-state index < -0.39 is 0 Å². The SMILES string of the molecule is COCCNCC(C)NCc1nn(C)c2ccccc12. The van der Waals surface area contributed by atoms with Crippen LogP contribution in [0.2, 0.25) is 0 Å². The molecule has 0 spiro atoms. The predicted molar refractivity (Wildman–Crippen MR) is 81.8 cm³/mol. The summed E-state index contributed by atoms with van der Waals surface area (Å²) in [5, 5.41) is 12.7. The Labute approximate surface area is 120 Å². The molecule has 0 saturated heterocycles. The van der Waals surface area contributed by atoms with Gasteiger partial charge in [0, 0.05) is 45.2 Å². The molecule has 0 aliphatic carbocycles. The molecular formula is C15H24N4O. The van der Waals surface area contributed by atoms with Crippen LogP contribution in [0.1, 0.15) is 12.6 Å². The van der Waals surface area contributed by atoms with E-state index in [-0.39, 0.29) is 0 Å². The van der Waals surface area contributed by atoms with Crippen LogP contribution in [0.3, 0.4) is 0 Å². The fraction of sp³-hybridized carbons (Fsp3) is 0.533. The largest absolute Gasteiger partial charge is 0.383 e. The molecule has 2 aromatic rings. The Morgan fingerprint density at radius 2 is 2.15 bits per heavy atom.